The van der Waals surface area contributed by atoms with Crippen molar-refractivity contribution in [3.05, 3.63) is 0 Å². The largest absolute Gasteiger partial charge is 0.380 e. The molecule has 1 saturated carbocycles. The van der Waals surface area contributed by atoms with Gasteiger partial charge in [0.05, 0.1) is 64.6 Å². The molecule has 6 nitrogen and oxygen atoms in total. The Kier molecular flexibility index (Phi) is 17.9. The van der Waals surface area contributed by atoms with Crippen LogP contribution >= 0.6 is 9.24 Å². The van der Waals surface area contributed by atoms with E-state index in [1.807, 2.05) is 0 Å². The molecule has 0 radical (unpaired) electrons. The maximum atomic E-state index is 6.71. The van der Waals surface area contributed by atoms with Gasteiger partial charge in [-0.05, 0) is 57.5 Å². The molecule has 1 aliphatic carbocycles. The van der Waals surface area contributed by atoms with Crippen molar-refractivity contribution in [3.8, 4) is 0 Å². The lowest BCUT2D eigenvalue weighted by molar-refractivity contribution is -0.170. The van der Waals surface area contributed by atoms with Crippen LogP contribution in [-0.2, 0) is 28.4 Å². The van der Waals surface area contributed by atoms with Crippen LogP contribution in [0.25, 0.3) is 0 Å². The average Bonchev–Trinajstić information content (AvgIpc) is 3.03. The van der Waals surface area contributed by atoms with Crippen LogP contribution < -0.4 is 0 Å². The third-order valence-corrected chi connectivity index (χ3v) is 11.2. The predicted octanol–water partition coefficient (Wildman–Crippen LogP) is 8.39. The molecule has 4 unspecified atom stereocenters. The fourth-order valence-electron chi connectivity index (χ4n) is 6.75. The van der Waals surface area contributed by atoms with Crippen LogP contribution in [0.4, 0.5) is 0 Å². The van der Waals surface area contributed by atoms with E-state index >= 15 is 0 Å². The summed E-state index contributed by atoms with van der Waals surface area (Å²) >= 11 is 0. The van der Waals surface area contributed by atoms with E-state index in [2.05, 4.69) is 36.9 Å². The summed E-state index contributed by atoms with van der Waals surface area (Å²) in [6, 6.07) is 0. The molecular weight excluding hydrogens is 559 g/mol. The van der Waals surface area contributed by atoms with Gasteiger partial charge in [-0.3, -0.25) is 0 Å². The topological polar surface area (TPSA) is 55.4 Å². The summed E-state index contributed by atoms with van der Waals surface area (Å²) in [6.45, 7) is 15.6. The summed E-state index contributed by atoms with van der Waals surface area (Å²) in [4.78, 5) is 0. The molecule has 0 N–H and O–H groups in total. The molecule has 2 saturated heterocycles. The quantitative estimate of drug-likeness (QED) is 0.119. The number of rotatable bonds is 21. The molecule has 0 aromatic carbocycles. The Morgan fingerprint density at radius 1 is 0.767 bits per heavy atom. The van der Waals surface area contributed by atoms with Gasteiger partial charge < -0.3 is 28.4 Å². The van der Waals surface area contributed by atoms with Gasteiger partial charge in [0.2, 0.25) is 0 Å². The van der Waals surface area contributed by atoms with Crippen molar-refractivity contribution in [2.24, 2.45) is 16.7 Å². The molecule has 4 atom stereocenters. The Morgan fingerprint density at radius 2 is 1.37 bits per heavy atom. The zero-order valence-corrected chi connectivity index (χ0v) is 29.8. The van der Waals surface area contributed by atoms with E-state index in [-0.39, 0.29) is 23.2 Å². The third kappa shape index (κ3) is 13.4. The summed E-state index contributed by atoms with van der Waals surface area (Å²) in [5.41, 5.74) is 0.344. The molecular formula is C36H69O6P. The fourth-order valence-corrected chi connectivity index (χ4v) is 7.36. The highest BCUT2D eigenvalue weighted by Crippen LogP contribution is 2.35. The van der Waals surface area contributed by atoms with Crippen LogP contribution in [0.15, 0.2) is 0 Å². The van der Waals surface area contributed by atoms with Crippen LogP contribution in [0, 0.1) is 16.7 Å². The molecule has 0 aromatic heterocycles. The molecule has 0 aromatic rings. The molecule has 3 fully saturated rings. The molecule has 43 heavy (non-hydrogen) atoms. The Bertz CT molecular complexity index is 691. The smallest absolute Gasteiger partial charge is 0.104 e. The molecule has 0 amide bonds. The van der Waals surface area contributed by atoms with E-state index in [9.17, 15) is 0 Å². The van der Waals surface area contributed by atoms with Crippen molar-refractivity contribution in [2.45, 2.75) is 148 Å². The lowest BCUT2D eigenvalue weighted by atomic mass is 9.80. The standard InChI is InChI=1S/C36H69O6P/c1-5-34(4,19-21-43)42-25-33(23-37-28-36(7-3)29-39-30-36)41-24-32(40-20-18-35(6-2)26-38-27-35)22-31-16-14-12-10-8-9-11-13-15-17-31/h31-33H,5-30,43H2,1-4H3. The Morgan fingerprint density at radius 3 is 1.88 bits per heavy atom. The van der Waals surface area contributed by atoms with E-state index in [1.165, 1.54) is 64.2 Å². The van der Waals surface area contributed by atoms with Gasteiger partial charge >= 0.3 is 0 Å². The van der Waals surface area contributed by atoms with E-state index in [1.54, 1.807) is 0 Å². The van der Waals surface area contributed by atoms with Gasteiger partial charge in [0.1, 0.15) is 6.10 Å². The van der Waals surface area contributed by atoms with Crippen molar-refractivity contribution >= 4 is 9.24 Å². The van der Waals surface area contributed by atoms with Gasteiger partial charge in [0.15, 0.2) is 0 Å². The maximum Gasteiger partial charge on any atom is 0.104 e. The summed E-state index contributed by atoms with van der Waals surface area (Å²) < 4.78 is 37.4. The normalized spacial score (nSPS) is 24.2. The first-order valence-electron chi connectivity index (χ1n) is 18.2. The average molecular weight is 629 g/mol. The second-order valence-electron chi connectivity index (χ2n) is 14.6. The first kappa shape index (κ1) is 37.6. The minimum absolute atomic E-state index is 0.106. The Labute approximate surface area is 268 Å². The van der Waals surface area contributed by atoms with Gasteiger partial charge in [-0.2, -0.15) is 0 Å². The second-order valence-corrected chi connectivity index (χ2v) is 15.1. The number of hydrogen-bond donors (Lipinski definition) is 0. The highest BCUT2D eigenvalue weighted by Gasteiger charge is 2.38. The van der Waals surface area contributed by atoms with Crippen molar-refractivity contribution in [2.75, 3.05) is 65.6 Å². The molecule has 7 heteroatoms. The van der Waals surface area contributed by atoms with Gasteiger partial charge in [0.25, 0.3) is 0 Å². The summed E-state index contributed by atoms with van der Waals surface area (Å²) in [6.07, 6.45) is 21.2. The van der Waals surface area contributed by atoms with Crippen LogP contribution in [0.5, 0.6) is 0 Å². The van der Waals surface area contributed by atoms with Gasteiger partial charge in [-0.25, -0.2) is 0 Å². The number of hydrogen-bond acceptors (Lipinski definition) is 6. The highest BCUT2D eigenvalue weighted by molar-refractivity contribution is 7.16. The van der Waals surface area contributed by atoms with Gasteiger partial charge in [0, 0.05) is 17.4 Å². The fraction of sp³-hybridized carbons (Fsp3) is 1.00. The van der Waals surface area contributed by atoms with Gasteiger partial charge in [-0.15, -0.1) is 9.24 Å². The predicted molar refractivity (Wildman–Crippen MR) is 180 cm³/mol. The minimum Gasteiger partial charge on any atom is -0.380 e. The van der Waals surface area contributed by atoms with Gasteiger partial charge in [-0.1, -0.05) is 85.0 Å². The first-order chi connectivity index (χ1) is 20.9. The summed E-state index contributed by atoms with van der Waals surface area (Å²) in [7, 11) is 2.85. The van der Waals surface area contributed by atoms with Crippen molar-refractivity contribution < 1.29 is 28.4 Å². The third-order valence-electron chi connectivity index (χ3n) is 11.0. The van der Waals surface area contributed by atoms with E-state index < -0.39 is 0 Å². The van der Waals surface area contributed by atoms with Crippen LogP contribution in [0.1, 0.15) is 130 Å². The van der Waals surface area contributed by atoms with E-state index in [4.69, 9.17) is 28.4 Å². The lowest BCUT2D eigenvalue weighted by Gasteiger charge is -2.41. The number of ether oxygens (including phenoxy) is 6. The molecule has 3 aliphatic rings. The van der Waals surface area contributed by atoms with Crippen molar-refractivity contribution in [3.63, 3.8) is 0 Å². The molecule has 254 valence electrons. The minimum atomic E-state index is -0.139. The molecule has 0 bridgehead atoms. The SMILES string of the molecule is CCC1(CCOC(COC(COCC2(CC)COC2)COC(C)(CC)CCP)CC2CCCCCCCCCC2)COC1. The van der Waals surface area contributed by atoms with Crippen LogP contribution in [0.3, 0.4) is 0 Å². The van der Waals surface area contributed by atoms with Crippen LogP contribution in [0.2, 0.25) is 0 Å². The second kappa shape index (κ2) is 20.4. The zero-order valence-electron chi connectivity index (χ0n) is 28.6. The highest BCUT2D eigenvalue weighted by atomic mass is 31.0. The summed E-state index contributed by atoms with van der Waals surface area (Å²) in [5.74, 6) is 0.721. The Hall–Kier alpha value is 0.190. The van der Waals surface area contributed by atoms with Crippen molar-refractivity contribution in [1.82, 2.24) is 0 Å². The van der Waals surface area contributed by atoms with E-state index in [0.717, 1.165) is 90.2 Å². The zero-order chi connectivity index (χ0) is 30.9. The lowest BCUT2D eigenvalue weighted by Crippen LogP contribution is -2.46. The van der Waals surface area contributed by atoms with Crippen LogP contribution in [-0.4, -0.2) is 83.4 Å². The summed E-state index contributed by atoms with van der Waals surface area (Å²) in [5, 5.41) is 0. The Balaban J connectivity index is 1.61. The van der Waals surface area contributed by atoms with E-state index in [0.29, 0.717) is 25.2 Å². The maximum absolute atomic E-state index is 6.71. The monoisotopic (exact) mass is 628 g/mol. The molecule has 2 aliphatic heterocycles. The first-order valence-corrected chi connectivity index (χ1v) is 19.0. The molecule has 2 heterocycles. The van der Waals surface area contributed by atoms with Crippen molar-refractivity contribution in [1.29, 1.82) is 0 Å². The molecule has 3 rings (SSSR count). The molecule has 0 spiro atoms.